The molecular formula is C15H25N3O. The van der Waals surface area contributed by atoms with Gasteiger partial charge in [0, 0.05) is 5.92 Å². The minimum Gasteiger partial charge on any atom is -0.339 e. The molecule has 2 unspecified atom stereocenters. The minimum absolute atomic E-state index is 0.296. The predicted molar refractivity (Wildman–Crippen MR) is 73.9 cm³/mol. The first-order valence-electron chi connectivity index (χ1n) is 7.74. The van der Waals surface area contributed by atoms with E-state index in [-0.39, 0.29) is 0 Å². The summed E-state index contributed by atoms with van der Waals surface area (Å²) in [6.07, 6.45) is 8.69. The second kappa shape index (κ2) is 5.23. The van der Waals surface area contributed by atoms with Crippen molar-refractivity contribution < 1.29 is 4.52 Å². The molecule has 0 bridgehead atoms. The standard InChI is InChI=1S/C15H25N3O/c1-15(2)9-6-7-11(15)14-17-13(18-19-14)12-8-4-3-5-10-16-12/h11-12,16H,3-10H2,1-2H3. The lowest BCUT2D eigenvalue weighted by atomic mass is 9.82. The zero-order valence-corrected chi connectivity index (χ0v) is 12.1. The van der Waals surface area contributed by atoms with E-state index in [1.165, 1.54) is 38.5 Å². The van der Waals surface area contributed by atoms with Gasteiger partial charge in [0.15, 0.2) is 5.82 Å². The van der Waals surface area contributed by atoms with Gasteiger partial charge in [0.25, 0.3) is 0 Å². The van der Waals surface area contributed by atoms with Crippen LogP contribution in [0, 0.1) is 5.41 Å². The number of nitrogens with zero attached hydrogens (tertiary/aromatic N) is 2. The fraction of sp³-hybridized carbons (Fsp3) is 0.867. The minimum atomic E-state index is 0.296. The van der Waals surface area contributed by atoms with Gasteiger partial charge in [-0.25, -0.2) is 0 Å². The van der Waals surface area contributed by atoms with E-state index < -0.39 is 0 Å². The Bertz CT molecular complexity index is 419. The molecule has 3 rings (SSSR count). The van der Waals surface area contributed by atoms with Gasteiger partial charge in [-0.15, -0.1) is 0 Å². The topological polar surface area (TPSA) is 51.0 Å². The normalized spacial score (nSPS) is 31.3. The molecule has 1 saturated carbocycles. The van der Waals surface area contributed by atoms with Crippen molar-refractivity contribution in [1.29, 1.82) is 0 Å². The molecule has 1 aliphatic heterocycles. The molecule has 2 aliphatic rings. The summed E-state index contributed by atoms with van der Waals surface area (Å²) >= 11 is 0. The quantitative estimate of drug-likeness (QED) is 0.886. The molecule has 2 atom stereocenters. The van der Waals surface area contributed by atoms with Gasteiger partial charge in [0.2, 0.25) is 5.89 Å². The third kappa shape index (κ3) is 2.69. The van der Waals surface area contributed by atoms with E-state index in [2.05, 4.69) is 24.3 Å². The van der Waals surface area contributed by atoms with E-state index in [1.807, 2.05) is 0 Å². The highest BCUT2D eigenvalue weighted by Gasteiger charge is 2.39. The molecule has 106 valence electrons. The fourth-order valence-corrected chi connectivity index (χ4v) is 3.56. The Kier molecular flexibility index (Phi) is 3.61. The molecule has 19 heavy (non-hydrogen) atoms. The van der Waals surface area contributed by atoms with Crippen molar-refractivity contribution in [2.75, 3.05) is 6.54 Å². The average molecular weight is 263 g/mol. The Morgan fingerprint density at radius 1 is 1.16 bits per heavy atom. The molecule has 1 aromatic rings. The van der Waals surface area contributed by atoms with Crippen molar-refractivity contribution in [3.63, 3.8) is 0 Å². The molecule has 0 amide bonds. The van der Waals surface area contributed by atoms with Crippen molar-refractivity contribution in [3.05, 3.63) is 11.7 Å². The van der Waals surface area contributed by atoms with Crippen LogP contribution in [0.5, 0.6) is 0 Å². The van der Waals surface area contributed by atoms with Gasteiger partial charge in [-0.2, -0.15) is 4.98 Å². The van der Waals surface area contributed by atoms with Crippen LogP contribution in [0.25, 0.3) is 0 Å². The third-order valence-corrected chi connectivity index (χ3v) is 4.88. The number of rotatable bonds is 2. The lowest BCUT2D eigenvalue weighted by Crippen LogP contribution is -2.21. The van der Waals surface area contributed by atoms with Gasteiger partial charge >= 0.3 is 0 Å². The summed E-state index contributed by atoms with van der Waals surface area (Å²) in [5, 5.41) is 7.78. The predicted octanol–water partition coefficient (Wildman–Crippen LogP) is 3.57. The highest BCUT2D eigenvalue weighted by molar-refractivity contribution is 5.05. The highest BCUT2D eigenvalue weighted by atomic mass is 16.5. The Labute approximate surface area is 115 Å². The summed E-state index contributed by atoms with van der Waals surface area (Å²) in [5.74, 6) is 2.18. The molecule has 2 heterocycles. The summed E-state index contributed by atoms with van der Waals surface area (Å²) in [5.41, 5.74) is 0.306. The molecule has 4 nitrogen and oxygen atoms in total. The monoisotopic (exact) mass is 263 g/mol. The van der Waals surface area contributed by atoms with Gasteiger partial charge in [0.1, 0.15) is 0 Å². The molecule has 0 spiro atoms. The van der Waals surface area contributed by atoms with E-state index in [1.54, 1.807) is 0 Å². The van der Waals surface area contributed by atoms with E-state index in [0.717, 1.165) is 24.7 Å². The molecular weight excluding hydrogens is 238 g/mol. The third-order valence-electron chi connectivity index (χ3n) is 4.88. The maximum atomic E-state index is 5.58. The van der Waals surface area contributed by atoms with E-state index >= 15 is 0 Å². The second-order valence-corrected chi connectivity index (χ2v) is 6.78. The Morgan fingerprint density at radius 2 is 2.05 bits per heavy atom. The highest BCUT2D eigenvalue weighted by Crippen LogP contribution is 2.48. The molecule has 0 radical (unpaired) electrons. The van der Waals surface area contributed by atoms with Crippen LogP contribution >= 0.6 is 0 Å². The largest absolute Gasteiger partial charge is 0.339 e. The van der Waals surface area contributed by atoms with Gasteiger partial charge in [-0.3, -0.25) is 0 Å². The number of hydrogen-bond acceptors (Lipinski definition) is 4. The molecule has 0 aromatic carbocycles. The zero-order valence-electron chi connectivity index (χ0n) is 12.1. The van der Waals surface area contributed by atoms with Crippen molar-refractivity contribution in [3.8, 4) is 0 Å². The Morgan fingerprint density at radius 3 is 2.84 bits per heavy atom. The van der Waals surface area contributed by atoms with E-state index in [4.69, 9.17) is 9.51 Å². The lowest BCUT2D eigenvalue weighted by Gasteiger charge is -2.23. The summed E-state index contributed by atoms with van der Waals surface area (Å²) < 4.78 is 5.58. The van der Waals surface area contributed by atoms with Crippen LogP contribution in [0.2, 0.25) is 0 Å². The van der Waals surface area contributed by atoms with Crippen molar-refractivity contribution in [2.24, 2.45) is 5.41 Å². The van der Waals surface area contributed by atoms with Gasteiger partial charge < -0.3 is 9.84 Å². The smallest absolute Gasteiger partial charge is 0.230 e. The van der Waals surface area contributed by atoms with Crippen molar-refractivity contribution in [2.45, 2.75) is 70.8 Å². The fourth-order valence-electron chi connectivity index (χ4n) is 3.56. The maximum Gasteiger partial charge on any atom is 0.230 e. The molecule has 2 fully saturated rings. The summed E-state index contributed by atoms with van der Waals surface area (Å²) in [6.45, 7) is 5.71. The van der Waals surface area contributed by atoms with Crippen LogP contribution < -0.4 is 5.32 Å². The van der Waals surface area contributed by atoms with E-state index in [9.17, 15) is 0 Å². The SMILES string of the molecule is CC1(C)CCCC1c1nc(C2CCCCCN2)no1. The lowest BCUT2D eigenvalue weighted by molar-refractivity contribution is 0.260. The molecule has 1 N–H and O–H groups in total. The summed E-state index contributed by atoms with van der Waals surface area (Å²) in [6, 6.07) is 0.296. The van der Waals surface area contributed by atoms with E-state index in [0.29, 0.717) is 17.4 Å². The van der Waals surface area contributed by atoms with Gasteiger partial charge in [-0.1, -0.05) is 38.3 Å². The molecule has 1 aromatic heterocycles. The Hall–Kier alpha value is -0.900. The van der Waals surface area contributed by atoms with Crippen molar-refractivity contribution in [1.82, 2.24) is 15.5 Å². The first-order valence-corrected chi connectivity index (χ1v) is 7.74. The van der Waals surface area contributed by atoms with Gasteiger partial charge in [-0.05, 0) is 37.6 Å². The number of hydrogen-bond donors (Lipinski definition) is 1. The second-order valence-electron chi connectivity index (χ2n) is 6.78. The van der Waals surface area contributed by atoms with Crippen LogP contribution in [0.4, 0.5) is 0 Å². The zero-order chi connectivity index (χ0) is 13.3. The number of nitrogens with one attached hydrogen (secondary N) is 1. The molecule has 1 saturated heterocycles. The Balaban J connectivity index is 1.75. The average Bonchev–Trinajstić information content (AvgIpc) is 2.87. The van der Waals surface area contributed by atoms with Crippen LogP contribution in [0.15, 0.2) is 4.52 Å². The maximum absolute atomic E-state index is 5.58. The van der Waals surface area contributed by atoms with Crippen LogP contribution in [-0.4, -0.2) is 16.7 Å². The summed E-state index contributed by atoms with van der Waals surface area (Å²) in [7, 11) is 0. The van der Waals surface area contributed by atoms with Crippen molar-refractivity contribution >= 4 is 0 Å². The van der Waals surface area contributed by atoms with Gasteiger partial charge in [0.05, 0.1) is 6.04 Å². The van der Waals surface area contributed by atoms with Crippen LogP contribution in [-0.2, 0) is 0 Å². The van der Waals surface area contributed by atoms with Crippen LogP contribution in [0.1, 0.15) is 82.5 Å². The molecule has 4 heteroatoms. The summed E-state index contributed by atoms with van der Waals surface area (Å²) in [4.78, 5) is 4.71. The first kappa shape index (κ1) is 13.1. The first-order chi connectivity index (χ1) is 9.17. The molecule has 1 aliphatic carbocycles. The van der Waals surface area contributed by atoms with Crippen LogP contribution in [0.3, 0.4) is 0 Å². The number of aromatic nitrogens is 2.